The van der Waals surface area contributed by atoms with Crippen molar-refractivity contribution in [2.24, 2.45) is 0 Å². The van der Waals surface area contributed by atoms with E-state index in [1.54, 1.807) is 0 Å². The van der Waals surface area contributed by atoms with Crippen LogP contribution in [0.4, 0.5) is 0 Å². The Kier molecular flexibility index (Phi) is 6.55. The SMILES string of the molecule is C/C=C(/B1OC(C)(C)C(C)(C)O1)c1cccc2c1C(P)c1c-2c(-c2ccccc2)c2ccccc2c1-c1ccccc1. The molecule has 42 heavy (non-hydrogen) atoms. The van der Waals surface area contributed by atoms with Gasteiger partial charge in [0, 0.05) is 5.66 Å². The lowest BCUT2D eigenvalue weighted by atomic mass is 9.72. The molecule has 5 aromatic carbocycles. The first-order valence-corrected chi connectivity index (χ1v) is 15.5. The number of allylic oxidation sites excluding steroid dienone is 1. The smallest absolute Gasteiger partial charge is 0.399 e. The van der Waals surface area contributed by atoms with E-state index in [4.69, 9.17) is 9.31 Å². The fourth-order valence-electron chi connectivity index (χ4n) is 6.77. The van der Waals surface area contributed by atoms with E-state index in [0.717, 1.165) is 5.47 Å². The predicted octanol–water partition coefficient (Wildman–Crippen LogP) is 10.2. The molecule has 0 aromatic heterocycles. The Hall–Kier alpha value is -3.49. The third-order valence-electron chi connectivity index (χ3n) is 9.51. The highest BCUT2D eigenvalue weighted by atomic mass is 31.0. The van der Waals surface area contributed by atoms with E-state index in [1.807, 2.05) is 0 Å². The van der Waals surface area contributed by atoms with E-state index in [2.05, 4.69) is 153 Å². The summed E-state index contributed by atoms with van der Waals surface area (Å²) in [5.74, 6) is 0. The van der Waals surface area contributed by atoms with Crippen LogP contribution in [0.25, 0.3) is 49.6 Å². The molecule has 1 aliphatic heterocycles. The Bertz CT molecular complexity index is 1840. The van der Waals surface area contributed by atoms with Crippen molar-refractivity contribution in [1.82, 2.24) is 0 Å². The molecule has 0 radical (unpaired) electrons. The highest BCUT2D eigenvalue weighted by Crippen LogP contribution is 2.59. The monoisotopic (exact) mass is 566 g/mol. The van der Waals surface area contributed by atoms with Gasteiger partial charge in [-0.1, -0.05) is 109 Å². The van der Waals surface area contributed by atoms with Crippen LogP contribution >= 0.6 is 9.24 Å². The third-order valence-corrected chi connectivity index (χ3v) is 10.2. The summed E-state index contributed by atoms with van der Waals surface area (Å²) in [6, 6.07) is 37.4. The average molecular weight is 566 g/mol. The first-order chi connectivity index (χ1) is 20.2. The quantitative estimate of drug-likeness (QED) is 0.159. The Morgan fingerprint density at radius 1 is 0.643 bits per heavy atom. The molecule has 0 N–H and O–H groups in total. The molecular weight excluding hydrogens is 530 g/mol. The van der Waals surface area contributed by atoms with Crippen molar-refractivity contribution in [3.63, 3.8) is 0 Å². The van der Waals surface area contributed by atoms with Gasteiger partial charge in [-0.3, -0.25) is 0 Å². The molecule has 0 amide bonds. The van der Waals surface area contributed by atoms with Gasteiger partial charge in [0.15, 0.2) is 0 Å². The first kappa shape index (κ1) is 27.4. The Morgan fingerprint density at radius 2 is 1.17 bits per heavy atom. The van der Waals surface area contributed by atoms with Gasteiger partial charge in [-0.05, 0) is 101 Å². The molecule has 2 aliphatic rings. The molecule has 2 nitrogen and oxygen atoms in total. The topological polar surface area (TPSA) is 18.5 Å². The Morgan fingerprint density at radius 3 is 1.74 bits per heavy atom. The van der Waals surface area contributed by atoms with Gasteiger partial charge in [-0.2, -0.15) is 0 Å². The van der Waals surface area contributed by atoms with Crippen LogP contribution in [0.3, 0.4) is 0 Å². The second-order valence-electron chi connectivity index (χ2n) is 12.4. The molecule has 2 atom stereocenters. The van der Waals surface area contributed by atoms with Gasteiger partial charge in [-0.15, -0.1) is 9.24 Å². The maximum absolute atomic E-state index is 6.60. The molecule has 7 rings (SSSR count). The summed E-state index contributed by atoms with van der Waals surface area (Å²) in [7, 11) is 2.78. The zero-order valence-corrected chi connectivity index (χ0v) is 26.1. The highest BCUT2D eigenvalue weighted by molar-refractivity contribution is 7.17. The van der Waals surface area contributed by atoms with Crippen LogP contribution in [0.2, 0.25) is 0 Å². The molecule has 1 fully saturated rings. The van der Waals surface area contributed by atoms with Gasteiger partial charge >= 0.3 is 7.12 Å². The van der Waals surface area contributed by atoms with Crippen molar-refractivity contribution < 1.29 is 9.31 Å². The van der Waals surface area contributed by atoms with Crippen LogP contribution in [0.1, 0.15) is 57.0 Å². The predicted molar refractivity (Wildman–Crippen MR) is 182 cm³/mol. The minimum absolute atomic E-state index is 0.0887. The summed E-state index contributed by atoms with van der Waals surface area (Å²) >= 11 is 0. The fraction of sp³-hybridized carbons (Fsp3) is 0.211. The van der Waals surface area contributed by atoms with Crippen molar-refractivity contribution in [3.05, 3.63) is 126 Å². The summed E-state index contributed by atoms with van der Waals surface area (Å²) in [5.41, 5.74) is 11.9. The van der Waals surface area contributed by atoms with Crippen molar-refractivity contribution in [2.75, 3.05) is 0 Å². The van der Waals surface area contributed by atoms with Crippen molar-refractivity contribution in [1.29, 1.82) is 0 Å². The molecular formula is C38H36BO2P. The second-order valence-corrected chi connectivity index (χ2v) is 13.1. The van der Waals surface area contributed by atoms with Gasteiger partial charge in [0.25, 0.3) is 0 Å². The van der Waals surface area contributed by atoms with Gasteiger partial charge in [0.2, 0.25) is 0 Å². The van der Waals surface area contributed by atoms with E-state index in [-0.39, 0.29) is 5.66 Å². The van der Waals surface area contributed by atoms with Crippen molar-refractivity contribution in [2.45, 2.75) is 51.5 Å². The lowest BCUT2D eigenvalue weighted by molar-refractivity contribution is 0.00578. The van der Waals surface area contributed by atoms with Gasteiger partial charge in [0.05, 0.1) is 11.2 Å². The van der Waals surface area contributed by atoms with E-state index < -0.39 is 18.3 Å². The first-order valence-electron chi connectivity index (χ1n) is 14.8. The zero-order valence-electron chi connectivity index (χ0n) is 24.9. The number of benzene rings is 5. The lowest BCUT2D eigenvalue weighted by Crippen LogP contribution is -2.41. The van der Waals surface area contributed by atoms with E-state index in [1.165, 1.54) is 60.8 Å². The number of hydrogen-bond donors (Lipinski definition) is 0. The standard InChI is InChI=1S/C38H36BO2P/c1-6-30(39-40-37(2,3)38(4,5)41-39)28-22-15-23-29-33(28)36(42)35-32(25-18-11-8-12-19-25)27-21-14-13-20-26(27)31(34(29)35)24-16-9-7-10-17-24/h6-23,36H,42H2,1-5H3/b30-6+. The molecule has 1 aliphatic carbocycles. The third kappa shape index (κ3) is 4.06. The lowest BCUT2D eigenvalue weighted by Gasteiger charge is -2.32. The normalized spacial score (nSPS) is 18.8. The zero-order chi connectivity index (χ0) is 29.2. The summed E-state index contributed by atoms with van der Waals surface area (Å²) in [6.07, 6.45) is 2.17. The maximum atomic E-state index is 6.60. The van der Waals surface area contributed by atoms with Crippen molar-refractivity contribution in [3.8, 4) is 33.4 Å². The van der Waals surface area contributed by atoms with Crippen LogP contribution in [-0.2, 0) is 9.31 Å². The molecule has 1 saturated heterocycles. The molecule has 5 aromatic rings. The van der Waals surface area contributed by atoms with E-state index in [9.17, 15) is 0 Å². The Balaban J connectivity index is 1.54. The number of rotatable bonds is 4. The largest absolute Gasteiger partial charge is 0.495 e. The van der Waals surface area contributed by atoms with Crippen LogP contribution < -0.4 is 0 Å². The van der Waals surface area contributed by atoms with E-state index >= 15 is 0 Å². The van der Waals surface area contributed by atoms with Gasteiger partial charge in [-0.25, -0.2) is 0 Å². The fourth-order valence-corrected chi connectivity index (χ4v) is 7.47. The minimum atomic E-state index is -0.436. The average Bonchev–Trinajstić information content (AvgIpc) is 3.41. The molecule has 1 heterocycles. The van der Waals surface area contributed by atoms with E-state index in [0.29, 0.717) is 0 Å². The highest BCUT2D eigenvalue weighted by Gasteiger charge is 2.53. The summed E-state index contributed by atoms with van der Waals surface area (Å²) in [6.45, 7) is 10.6. The molecule has 4 heteroatoms. The van der Waals surface area contributed by atoms with Gasteiger partial charge < -0.3 is 9.31 Å². The maximum Gasteiger partial charge on any atom is 0.495 e. The summed E-state index contributed by atoms with van der Waals surface area (Å²) < 4.78 is 13.2. The van der Waals surface area contributed by atoms with Crippen LogP contribution in [-0.4, -0.2) is 18.3 Å². The second kappa shape index (κ2) is 10.1. The van der Waals surface area contributed by atoms with Crippen LogP contribution in [0, 0.1) is 0 Å². The molecule has 0 spiro atoms. The molecule has 0 bridgehead atoms. The summed E-state index contributed by atoms with van der Waals surface area (Å²) in [5, 5.41) is 2.55. The molecule has 208 valence electrons. The minimum Gasteiger partial charge on any atom is -0.399 e. The van der Waals surface area contributed by atoms with Gasteiger partial charge in [0.1, 0.15) is 0 Å². The molecule has 0 saturated carbocycles. The van der Waals surface area contributed by atoms with Crippen molar-refractivity contribution >= 4 is 32.6 Å². The molecule has 2 unspecified atom stereocenters. The Labute approximate surface area is 252 Å². The van der Waals surface area contributed by atoms with Crippen LogP contribution in [0.5, 0.6) is 0 Å². The van der Waals surface area contributed by atoms with Crippen LogP contribution in [0.15, 0.2) is 109 Å². The number of hydrogen-bond acceptors (Lipinski definition) is 2. The number of fused-ring (bicyclic) bond motifs is 4. The summed E-state index contributed by atoms with van der Waals surface area (Å²) in [4.78, 5) is 0.